The Kier molecular flexibility index (Phi) is 4.30. The van der Waals surface area contributed by atoms with E-state index in [4.69, 9.17) is 0 Å². The number of hydrogen-bond donors (Lipinski definition) is 1. The molecule has 0 aliphatic carbocycles. The van der Waals surface area contributed by atoms with Crippen LogP contribution >= 0.6 is 11.3 Å². The molecule has 5 rings (SSSR count). The summed E-state index contributed by atoms with van der Waals surface area (Å²) in [5.41, 5.74) is 6.18. The highest BCUT2D eigenvalue weighted by Crippen LogP contribution is 2.26. The minimum Gasteiger partial charge on any atom is -0.478 e. The van der Waals surface area contributed by atoms with E-state index < -0.39 is 5.97 Å². The Labute approximate surface area is 181 Å². The molecule has 0 aliphatic rings. The summed E-state index contributed by atoms with van der Waals surface area (Å²) in [7, 11) is 0. The van der Waals surface area contributed by atoms with E-state index in [1.165, 1.54) is 11.3 Å². The van der Waals surface area contributed by atoms with E-state index in [1.54, 1.807) is 16.5 Å². The van der Waals surface area contributed by atoms with Gasteiger partial charge in [0, 0.05) is 17.1 Å². The predicted molar refractivity (Wildman–Crippen MR) is 123 cm³/mol. The second-order valence-corrected chi connectivity index (χ2v) is 8.56. The number of hydrogen-bond acceptors (Lipinski definition) is 4. The highest BCUT2D eigenvalue weighted by molar-refractivity contribution is 7.15. The summed E-state index contributed by atoms with van der Waals surface area (Å²) >= 11 is 1.37. The number of imidazole rings is 1. The lowest BCUT2D eigenvalue weighted by molar-refractivity contribution is 0.0696. The van der Waals surface area contributed by atoms with Crippen LogP contribution in [0.2, 0.25) is 0 Å². The van der Waals surface area contributed by atoms with E-state index in [-0.39, 0.29) is 11.1 Å². The van der Waals surface area contributed by atoms with Crippen LogP contribution in [0.25, 0.3) is 27.8 Å². The van der Waals surface area contributed by atoms with E-state index >= 15 is 0 Å². The maximum absolute atomic E-state index is 13.1. The van der Waals surface area contributed by atoms with Gasteiger partial charge in [0.2, 0.25) is 0 Å². The molecule has 7 heteroatoms. The third-order valence-corrected chi connectivity index (χ3v) is 6.65. The highest BCUT2D eigenvalue weighted by atomic mass is 32.1. The fraction of sp³-hybridized carbons (Fsp3) is 0.125. The zero-order valence-electron chi connectivity index (χ0n) is 17.2. The fourth-order valence-corrected chi connectivity index (χ4v) is 5.13. The number of nitrogens with zero attached hydrogens (tertiary/aromatic N) is 3. The molecule has 6 nitrogen and oxygen atoms in total. The molecule has 0 saturated heterocycles. The zero-order chi connectivity index (χ0) is 21.9. The number of rotatable bonds is 3. The van der Waals surface area contributed by atoms with Crippen molar-refractivity contribution in [2.45, 2.75) is 20.8 Å². The Morgan fingerprint density at radius 2 is 1.87 bits per heavy atom. The van der Waals surface area contributed by atoms with Crippen molar-refractivity contribution in [1.29, 1.82) is 0 Å². The van der Waals surface area contributed by atoms with E-state index in [2.05, 4.69) is 4.98 Å². The molecule has 0 unspecified atom stereocenters. The van der Waals surface area contributed by atoms with Gasteiger partial charge in [-0.05, 0) is 68.3 Å². The van der Waals surface area contributed by atoms with E-state index in [0.29, 0.717) is 15.1 Å². The molecule has 0 spiro atoms. The van der Waals surface area contributed by atoms with Crippen molar-refractivity contribution in [2.75, 3.05) is 0 Å². The standard InChI is InChI=1S/C24H19N3O3S/c1-13-11-16(15(3)26(13)19-10-6-7-17(14(19)2)23(29)30)12-21-22(28)27-20-9-5-4-8-18(20)25-24(27)31-21/h4-12H,1-3H3,(H,29,30). The normalized spacial score (nSPS) is 12.3. The Balaban J connectivity index is 1.70. The molecule has 0 atom stereocenters. The van der Waals surface area contributed by atoms with Gasteiger partial charge in [-0.25, -0.2) is 14.2 Å². The third kappa shape index (κ3) is 2.89. The fourth-order valence-electron chi connectivity index (χ4n) is 4.16. The van der Waals surface area contributed by atoms with Crippen LogP contribution in [0.5, 0.6) is 0 Å². The average molecular weight is 430 g/mol. The first-order valence-corrected chi connectivity index (χ1v) is 10.6. The molecule has 0 bridgehead atoms. The van der Waals surface area contributed by atoms with E-state index in [1.807, 2.05) is 67.8 Å². The topological polar surface area (TPSA) is 76.6 Å². The smallest absolute Gasteiger partial charge is 0.336 e. The first kappa shape index (κ1) is 19.3. The molecule has 2 aromatic carbocycles. The van der Waals surface area contributed by atoms with Crippen molar-refractivity contribution in [3.05, 3.63) is 91.5 Å². The lowest BCUT2D eigenvalue weighted by Crippen LogP contribution is -2.22. The van der Waals surface area contributed by atoms with Gasteiger partial charge in [0.15, 0.2) is 4.96 Å². The molecule has 3 aromatic heterocycles. The number of aryl methyl sites for hydroxylation is 1. The van der Waals surface area contributed by atoms with Gasteiger partial charge in [0.1, 0.15) is 0 Å². The second kappa shape index (κ2) is 6.92. The van der Waals surface area contributed by atoms with Gasteiger partial charge in [-0.15, -0.1) is 0 Å². The highest BCUT2D eigenvalue weighted by Gasteiger charge is 2.16. The van der Waals surface area contributed by atoms with Gasteiger partial charge >= 0.3 is 5.97 Å². The molecule has 154 valence electrons. The van der Waals surface area contributed by atoms with Crippen LogP contribution in [0.3, 0.4) is 0 Å². The molecule has 0 fully saturated rings. The van der Waals surface area contributed by atoms with Crippen molar-refractivity contribution in [1.82, 2.24) is 14.0 Å². The Morgan fingerprint density at radius 1 is 1.10 bits per heavy atom. The molecule has 0 radical (unpaired) electrons. The van der Waals surface area contributed by atoms with Gasteiger partial charge in [-0.1, -0.05) is 29.5 Å². The lowest BCUT2D eigenvalue weighted by Gasteiger charge is -2.14. The van der Waals surface area contributed by atoms with Gasteiger partial charge in [-0.2, -0.15) is 0 Å². The van der Waals surface area contributed by atoms with Crippen LogP contribution in [-0.4, -0.2) is 25.0 Å². The van der Waals surface area contributed by atoms with Crippen molar-refractivity contribution in [3.8, 4) is 5.69 Å². The Hall–Kier alpha value is -3.71. The summed E-state index contributed by atoms with van der Waals surface area (Å²) in [4.78, 5) is 29.9. The van der Waals surface area contributed by atoms with E-state index in [9.17, 15) is 14.7 Å². The predicted octanol–water partition coefficient (Wildman–Crippen LogP) is 3.87. The van der Waals surface area contributed by atoms with Crippen LogP contribution < -0.4 is 10.1 Å². The zero-order valence-corrected chi connectivity index (χ0v) is 18.0. The molecule has 0 amide bonds. The number of aromatic nitrogens is 3. The van der Waals surface area contributed by atoms with Gasteiger partial charge in [0.05, 0.1) is 21.1 Å². The first-order valence-electron chi connectivity index (χ1n) is 9.81. The van der Waals surface area contributed by atoms with Crippen molar-refractivity contribution >= 4 is 39.4 Å². The third-order valence-electron chi connectivity index (χ3n) is 5.68. The quantitative estimate of drug-likeness (QED) is 0.472. The van der Waals surface area contributed by atoms with Gasteiger partial charge in [0.25, 0.3) is 5.56 Å². The summed E-state index contributed by atoms with van der Waals surface area (Å²) in [5, 5.41) is 9.47. The SMILES string of the molecule is Cc1c(C(=O)O)cccc1-n1c(C)cc(C=c2sc3nc4ccccc4n3c2=O)c1C. The van der Waals surface area contributed by atoms with Crippen molar-refractivity contribution < 1.29 is 9.90 Å². The average Bonchev–Trinajstić information content (AvgIpc) is 3.33. The summed E-state index contributed by atoms with van der Waals surface area (Å²) < 4.78 is 4.31. The summed E-state index contributed by atoms with van der Waals surface area (Å²) in [5.74, 6) is -0.946. The first-order chi connectivity index (χ1) is 14.9. The molecule has 5 aromatic rings. The summed E-state index contributed by atoms with van der Waals surface area (Å²) in [6, 6.07) is 14.9. The number of fused-ring (bicyclic) bond motifs is 3. The lowest BCUT2D eigenvalue weighted by atomic mass is 10.1. The van der Waals surface area contributed by atoms with E-state index in [0.717, 1.165) is 33.7 Å². The maximum Gasteiger partial charge on any atom is 0.336 e. The monoisotopic (exact) mass is 429 g/mol. The van der Waals surface area contributed by atoms with Crippen molar-refractivity contribution in [3.63, 3.8) is 0 Å². The molecular formula is C24H19N3O3S. The van der Waals surface area contributed by atoms with Crippen LogP contribution in [0.4, 0.5) is 0 Å². The number of para-hydroxylation sites is 2. The van der Waals surface area contributed by atoms with Crippen molar-refractivity contribution in [2.24, 2.45) is 0 Å². The second-order valence-electron chi connectivity index (χ2n) is 7.55. The summed E-state index contributed by atoms with van der Waals surface area (Å²) in [6.07, 6.45) is 1.89. The minimum atomic E-state index is -0.946. The molecule has 1 N–H and O–H groups in total. The number of aromatic carboxylic acids is 1. The molecular weight excluding hydrogens is 410 g/mol. The molecule has 0 saturated carbocycles. The number of benzene rings is 2. The number of carbonyl (C=O) groups is 1. The maximum atomic E-state index is 13.1. The number of carboxylic acid groups (broad SMARTS) is 1. The molecule has 31 heavy (non-hydrogen) atoms. The number of carboxylic acids is 1. The van der Waals surface area contributed by atoms with Crippen LogP contribution in [0.1, 0.15) is 32.9 Å². The van der Waals surface area contributed by atoms with Crippen LogP contribution in [-0.2, 0) is 0 Å². The number of thiazole rings is 1. The molecule has 0 aliphatic heterocycles. The van der Waals surface area contributed by atoms with Crippen LogP contribution in [0, 0.1) is 20.8 Å². The van der Waals surface area contributed by atoms with Gasteiger partial charge in [-0.3, -0.25) is 4.79 Å². The Morgan fingerprint density at radius 3 is 2.65 bits per heavy atom. The minimum absolute atomic E-state index is 0.0810. The summed E-state index contributed by atoms with van der Waals surface area (Å²) in [6.45, 7) is 5.77. The van der Waals surface area contributed by atoms with Gasteiger partial charge < -0.3 is 9.67 Å². The molecule has 3 heterocycles. The van der Waals surface area contributed by atoms with Crippen LogP contribution in [0.15, 0.2) is 53.3 Å². The largest absolute Gasteiger partial charge is 0.478 e. The Bertz CT molecular complexity index is 1620.